The second-order valence-electron chi connectivity index (χ2n) is 9.44. The molecule has 7 nitrogen and oxygen atoms in total. The maximum absolute atomic E-state index is 9.52. The van der Waals surface area contributed by atoms with Gasteiger partial charge in [-0.1, -0.05) is 79.1 Å². The van der Waals surface area contributed by atoms with Crippen molar-refractivity contribution in [3.8, 4) is 0 Å². The Morgan fingerprint density at radius 1 is 0.457 bits per heavy atom. The Morgan fingerprint density at radius 3 is 1.11 bits per heavy atom. The van der Waals surface area contributed by atoms with Crippen LogP contribution >= 0.6 is 0 Å². The summed E-state index contributed by atoms with van der Waals surface area (Å²) in [6.07, 6.45) is 12.3. The summed E-state index contributed by atoms with van der Waals surface area (Å²) in [5, 5.41) is 19.0. The average molecular weight is 507 g/mol. The van der Waals surface area contributed by atoms with Crippen molar-refractivity contribution in [2.75, 3.05) is 52.9 Å². The minimum Gasteiger partial charge on any atom is -0.394 e. The zero-order chi connectivity index (χ0) is 26.0. The van der Waals surface area contributed by atoms with E-state index in [1.165, 1.54) is 0 Å². The van der Waals surface area contributed by atoms with E-state index in [2.05, 4.69) is 27.7 Å². The summed E-state index contributed by atoms with van der Waals surface area (Å²) in [7, 11) is 0. The number of rotatable bonds is 28. The first kappa shape index (κ1) is 34.7. The molecular weight excluding hydrogens is 448 g/mol. The second-order valence-corrected chi connectivity index (χ2v) is 9.44. The van der Waals surface area contributed by atoms with Crippen LogP contribution in [0.1, 0.15) is 105 Å². The fourth-order valence-corrected chi connectivity index (χ4v) is 3.75. The largest absolute Gasteiger partial charge is 0.394 e. The number of aliphatic hydroxyl groups is 2. The molecular formula is C28H58O7. The lowest BCUT2D eigenvalue weighted by Gasteiger charge is -2.22. The van der Waals surface area contributed by atoms with Gasteiger partial charge in [0.2, 0.25) is 0 Å². The molecule has 0 saturated heterocycles. The molecule has 35 heavy (non-hydrogen) atoms. The normalized spacial score (nSPS) is 15.3. The molecule has 0 aromatic rings. The van der Waals surface area contributed by atoms with E-state index in [0.29, 0.717) is 39.6 Å². The zero-order valence-electron chi connectivity index (χ0n) is 23.4. The van der Waals surface area contributed by atoms with Crippen LogP contribution < -0.4 is 0 Å². The van der Waals surface area contributed by atoms with Crippen molar-refractivity contribution in [3.63, 3.8) is 0 Å². The molecule has 0 fully saturated rings. The highest BCUT2D eigenvalue weighted by atomic mass is 16.6. The third-order valence-corrected chi connectivity index (χ3v) is 6.12. The van der Waals surface area contributed by atoms with Gasteiger partial charge in [-0.15, -0.1) is 0 Å². The molecule has 0 aliphatic rings. The van der Waals surface area contributed by atoms with E-state index in [1.807, 2.05) is 0 Å². The summed E-state index contributed by atoms with van der Waals surface area (Å²) < 4.78 is 29.6. The van der Waals surface area contributed by atoms with E-state index in [4.69, 9.17) is 23.7 Å². The minimum atomic E-state index is -0.0972. The van der Waals surface area contributed by atoms with E-state index < -0.39 is 0 Å². The quantitative estimate of drug-likeness (QED) is 0.139. The monoisotopic (exact) mass is 506 g/mol. The number of ether oxygens (including phenoxy) is 5. The smallest absolute Gasteiger partial charge is 0.0809 e. The Kier molecular flexibility index (Phi) is 26.6. The van der Waals surface area contributed by atoms with Crippen LogP contribution in [-0.2, 0) is 23.7 Å². The van der Waals surface area contributed by atoms with Gasteiger partial charge in [-0.25, -0.2) is 0 Å². The van der Waals surface area contributed by atoms with E-state index >= 15 is 0 Å². The van der Waals surface area contributed by atoms with Gasteiger partial charge in [-0.3, -0.25) is 0 Å². The molecule has 0 amide bonds. The molecule has 0 aromatic heterocycles. The van der Waals surface area contributed by atoms with Crippen molar-refractivity contribution < 1.29 is 33.9 Å². The molecule has 0 rings (SSSR count). The van der Waals surface area contributed by atoms with Crippen LogP contribution in [0.2, 0.25) is 0 Å². The third-order valence-electron chi connectivity index (χ3n) is 6.12. The van der Waals surface area contributed by atoms with Crippen molar-refractivity contribution in [2.45, 2.75) is 129 Å². The first-order valence-corrected chi connectivity index (χ1v) is 14.4. The fraction of sp³-hybridized carbons (Fsp3) is 1.00. The Balaban J connectivity index is 4.16. The lowest BCUT2D eigenvalue weighted by molar-refractivity contribution is -0.0864. The van der Waals surface area contributed by atoms with E-state index in [9.17, 15) is 10.2 Å². The molecule has 0 spiro atoms. The van der Waals surface area contributed by atoms with Crippen LogP contribution in [-0.4, -0.2) is 87.5 Å². The lowest BCUT2D eigenvalue weighted by Crippen LogP contribution is -2.28. The second kappa shape index (κ2) is 26.8. The molecule has 0 heterocycles. The van der Waals surface area contributed by atoms with Crippen LogP contribution in [0, 0.1) is 0 Å². The standard InChI is InChI=1S/C28H58O7/c1-5-9-13-25(21-29)34-23-27(15-11-7-3)32-19-17-31-18-20-33-28(16-12-8-4)24-35-26(22-30)14-10-6-2/h25-30H,5-24H2,1-4H3. The van der Waals surface area contributed by atoms with Gasteiger partial charge >= 0.3 is 0 Å². The maximum atomic E-state index is 9.52. The number of hydrogen-bond donors (Lipinski definition) is 2. The van der Waals surface area contributed by atoms with Crippen molar-refractivity contribution in [1.29, 1.82) is 0 Å². The molecule has 0 aromatic carbocycles. The van der Waals surface area contributed by atoms with Gasteiger partial charge < -0.3 is 33.9 Å². The summed E-state index contributed by atoms with van der Waals surface area (Å²) in [5.74, 6) is 0. The predicted molar refractivity (Wildman–Crippen MR) is 142 cm³/mol. The summed E-state index contributed by atoms with van der Waals surface area (Å²) in [6, 6.07) is 0. The van der Waals surface area contributed by atoms with Gasteiger partial charge in [-0.05, 0) is 25.7 Å². The highest BCUT2D eigenvalue weighted by Crippen LogP contribution is 2.12. The van der Waals surface area contributed by atoms with Crippen LogP contribution in [0.3, 0.4) is 0 Å². The summed E-state index contributed by atoms with van der Waals surface area (Å²) in [6.45, 7) is 11.9. The molecule has 4 unspecified atom stereocenters. The van der Waals surface area contributed by atoms with Gasteiger partial charge in [0.1, 0.15) is 0 Å². The number of aliphatic hydroxyl groups excluding tert-OH is 2. The van der Waals surface area contributed by atoms with Crippen LogP contribution in [0.15, 0.2) is 0 Å². The van der Waals surface area contributed by atoms with E-state index in [1.54, 1.807) is 0 Å². The van der Waals surface area contributed by atoms with Gasteiger partial charge in [-0.2, -0.15) is 0 Å². The topological polar surface area (TPSA) is 86.6 Å². The highest BCUT2D eigenvalue weighted by Gasteiger charge is 2.15. The molecule has 212 valence electrons. The van der Waals surface area contributed by atoms with Gasteiger partial charge in [0.25, 0.3) is 0 Å². The minimum absolute atomic E-state index is 0.0354. The zero-order valence-corrected chi connectivity index (χ0v) is 23.4. The third kappa shape index (κ3) is 21.5. The Morgan fingerprint density at radius 2 is 0.800 bits per heavy atom. The van der Waals surface area contributed by atoms with E-state index in [0.717, 1.165) is 77.0 Å². The summed E-state index contributed by atoms with van der Waals surface area (Å²) in [5.41, 5.74) is 0. The van der Waals surface area contributed by atoms with Crippen LogP contribution in [0.25, 0.3) is 0 Å². The Hall–Kier alpha value is -0.280. The van der Waals surface area contributed by atoms with Crippen molar-refractivity contribution in [1.82, 2.24) is 0 Å². The highest BCUT2D eigenvalue weighted by molar-refractivity contribution is 4.63. The lowest BCUT2D eigenvalue weighted by atomic mass is 10.1. The number of unbranched alkanes of at least 4 members (excludes halogenated alkanes) is 4. The molecule has 0 bridgehead atoms. The van der Waals surface area contributed by atoms with Gasteiger partial charge in [0, 0.05) is 0 Å². The molecule has 0 aliphatic carbocycles. The molecule has 7 heteroatoms. The Bertz CT molecular complexity index is 375. The van der Waals surface area contributed by atoms with Crippen molar-refractivity contribution in [2.24, 2.45) is 0 Å². The van der Waals surface area contributed by atoms with Crippen LogP contribution in [0.5, 0.6) is 0 Å². The predicted octanol–water partition coefficient (Wildman–Crippen LogP) is 5.29. The molecule has 0 radical (unpaired) electrons. The van der Waals surface area contributed by atoms with E-state index in [-0.39, 0.29) is 37.6 Å². The molecule has 2 N–H and O–H groups in total. The first-order valence-electron chi connectivity index (χ1n) is 14.4. The molecule has 0 aliphatic heterocycles. The van der Waals surface area contributed by atoms with Crippen LogP contribution in [0.4, 0.5) is 0 Å². The molecule has 4 atom stereocenters. The van der Waals surface area contributed by atoms with Crippen molar-refractivity contribution in [3.05, 3.63) is 0 Å². The summed E-state index contributed by atoms with van der Waals surface area (Å²) in [4.78, 5) is 0. The number of hydrogen-bond acceptors (Lipinski definition) is 7. The van der Waals surface area contributed by atoms with Gasteiger partial charge in [0.05, 0.1) is 77.3 Å². The SMILES string of the molecule is CCCCC(CO)OCC(CCCC)OCCOCCOC(CCCC)COC(CO)CCCC. The fourth-order valence-electron chi connectivity index (χ4n) is 3.75. The Labute approximate surface area is 216 Å². The summed E-state index contributed by atoms with van der Waals surface area (Å²) >= 11 is 0. The van der Waals surface area contributed by atoms with Crippen molar-refractivity contribution >= 4 is 0 Å². The molecule has 0 saturated carbocycles. The maximum Gasteiger partial charge on any atom is 0.0809 e. The first-order chi connectivity index (χ1) is 17.1. The van der Waals surface area contributed by atoms with Gasteiger partial charge in [0.15, 0.2) is 0 Å². The average Bonchev–Trinajstić information content (AvgIpc) is 2.88.